The van der Waals surface area contributed by atoms with E-state index in [9.17, 15) is 37.1 Å². The second-order valence-electron chi connectivity index (χ2n) is 12.5. The van der Waals surface area contributed by atoms with E-state index in [1.807, 2.05) is 0 Å². The zero-order valence-electron chi connectivity index (χ0n) is 27.0. The number of fused-ring (bicyclic) bond motifs is 2. The number of aromatic nitrogens is 2. The molecule has 1 saturated carbocycles. The standard InChI is InChI=1S/C35H33F4N5O6/c1-19(45)40-12-13-42-32(47)33(2)18-49-30-25(33)16-27(44-29(30)20-5-7-23(36)8-6-20)34(48,35(37,38)39)17-43-31(46)22-14-21-4-3-11-41-28(21)26(15-22)50-24-9-10-24/h3-8,11,14-16,24,48H,9-10,12-13,17-18H2,1-2H3,(H,40,45)(H,42,47)(H,43,46)/t33-,34-/m0/s1. The van der Waals surface area contributed by atoms with Crippen molar-refractivity contribution < 1.29 is 46.5 Å². The Kier molecular flexibility index (Phi) is 9.12. The zero-order chi connectivity index (χ0) is 35.8. The molecule has 11 nitrogen and oxygen atoms in total. The minimum absolute atomic E-state index is 0.0167. The van der Waals surface area contributed by atoms with Gasteiger partial charge in [-0.1, -0.05) is 6.07 Å². The molecular weight excluding hydrogens is 662 g/mol. The molecule has 50 heavy (non-hydrogen) atoms. The van der Waals surface area contributed by atoms with Crippen LogP contribution in [-0.4, -0.2) is 71.3 Å². The molecule has 1 aliphatic heterocycles. The maximum atomic E-state index is 15.0. The molecule has 4 aromatic rings. The Labute approximate surface area is 283 Å². The summed E-state index contributed by atoms with van der Waals surface area (Å²) in [4.78, 5) is 46.6. The lowest BCUT2D eigenvalue weighted by Gasteiger charge is -2.31. The maximum Gasteiger partial charge on any atom is 0.424 e. The number of ether oxygens (including phenoxy) is 2. The molecule has 262 valence electrons. The monoisotopic (exact) mass is 695 g/mol. The molecule has 15 heteroatoms. The highest BCUT2D eigenvalue weighted by atomic mass is 19.4. The number of amides is 3. The van der Waals surface area contributed by atoms with Crippen molar-refractivity contribution in [3.63, 3.8) is 0 Å². The summed E-state index contributed by atoms with van der Waals surface area (Å²) in [6.45, 7) is 1.23. The molecule has 4 N–H and O–H groups in total. The van der Waals surface area contributed by atoms with E-state index in [2.05, 4.69) is 25.9 Å². The van der Waals surface area contributed by atoms with Crippen molar-refractivity contribution in [3.05, 3.63) is 83.4 Å². The van der Waals surface area contributed by atoms with E-state index in [1.54, 1.807) is 18.3 Å². The first kappa shape index (κ1) is 34.5. The quantitative estimate of drug-likeness (QED) is 0.136. The number of rotatable bonds is 11. The minimum atomic E-state index is -5.38. The van der Waals surface area contributed by atoms with Crippen LogP contribution < -0.4 is 25.4 Å². The second kappa shape index (κ2) is 13.2. The highest BCUT2D eigenvalue weighted by molar-refractivity contribution is 6.00. The number of hydrogen-bond acceptors (Lipinski definition) is 8. The van der Waals surface area contributed by atoms with Crippen LogP contribution in [0.25, 0.3) is 22.2 Å². The van der Waals surface area contributed by atoms with Crippen molar-refractivity contribution in [3.8, 4) is 22.8 Å². The van der Waals surface area contributed by atoms with Gasteiger partial charge >= 0.3 is 6.18 Å². The summed E-state index contributed by atoms with van der Waals surface area (Å²) in [5.74, 6) is -2.20. The van der Waals surface area contributed by atoms with E-state index in [0.29, 0.717) is 16.7 Å². The highest BCUT2D eigenvalue weighted by Crippen LogP contribution is 2.48. The lowest BCUT2D eigenvalue weighted by Crippen LogP contribution is -2.52. The van der Waals surface area contributed by atoms with Crippen LogP contribution >= 0.6 is 0 Å². The number of aliphatic hydroxyl groups is 1. The van der Waals surface area contributed by atoms with Gasteiger partial charge in [-0.15, -0.1) is 0 Å². The number of carbonyl (C=O) groups is 3. The van der Waals surface area contributed by atoms with E-state index >= 15 is 0 Å². The number of pyridine rings is 2. The minimum Gasteiger partial charge on any atom is -0.489 e. The zero-order valence-corrected chi connectivity index (χ0v) is 27.0. The van der Waals surface area contributed by atoms with Crippen LogP contribution in [0.5, 0.6) is 11.5 Å². The molecule has 1 aliphatic carbocycles. The van der Waals surface area contributed by atoms with E-state index in [1.165, 1.54) is 38.1 Å². The van der Waals surface area contributed by atoms with Gasteiger partial charge < -0.3 is 30.5 Å². The highest BCUT2D eigenvalue weighted by Gasteiger charge is 2.58. The van der Waals surface area contributed by atoms with E-state index < -0.39 is 47.1 Å². The molecule has 0 radical (unpaired) electrons. The summed E-state index contributed by atoms with van der Waals surface area (Å²) in [6, 6.07) is 11.8. The molecule has 3 amide bonds. The van der Waals surface area contributed by atoms with Gasteiger partial charge in [0, 0.05) is 48.3 Å². The number of hydrogen-bond donors (Lipinski definition) is 4. The summed E-state index contributed by atoms with van der Waals surface area (Å²) in [6.07, 6.45) is -2.24. The number of benzene rings is 2. The molecule has 2 aliphatic rings. The Bertz CT molecular complexity index is 1970. The van der Waals surface area contributed by atoms with Crippen LogP contribution in [0.4, 0.5) is 17.6 Å². The number of carbonyl (C=O) groups excluding carboxylic acids is 3. The van der Waals surface area contributed by atoms with Crippen LogP contribution in [0, 0.1) is 5.82 Å². The number of alkyl halides is 3. The third kappa shape index (κ3) is 6.77. The molecule has 0 bridgehead atoms. The summed E-state index contributed by atoms with van der Waals surface area (Å²) >= 11 is 0. The SMILES string of the molecule is CC(=O)NCCNC(=O)[C@@]1(C)COc2c1cc([C@@](O)(CNC(=O)c1cc(OC3CC3)c3ncccc3c1)C(F)(F)F)nc2-c1ccc(F)cc1. The molecular formula is C35H33F4N5O6. The van der Waals surface area contributed by atoms with E-state index in [4.69, 9.17) is 9.47 Å². The fourth-order valence-corrected chi connectivity index (χ4v) is 5.59. The first-order chi connectivity index (χ1) is 23.7. The van der Waals surface area contributed by atoms with Crippen LogP contribution in [0.15, 0.2) is 60.8 Å². The Hall–Kier alpha value is -5.31. The summed E-state index contributed by atoms with van der Waals surface area (Å²) in [5.41, 5.74) is -5.82. The lowest BCUT2D eigenvalue weighted by atomic mass is 9.81. The van der Waals surface area contributed by atoms with Gasteiger partial charge in [0.25, 0.3) is 5.91 Å². The predicted octanol–water partition coefficient (Wildman–Crippen LogP) is 4.06. The van der Waals surface area contributed by atoms with Crippen LogP contribution in [0.3, 0.4) is 0 Å². The van der Waals surface area contributed by atoms with Crippen molar-refractivity contribution in [1.82, 2.24) is 25.9 Å². The van der Waals surface area contributed by atoms with Crippen molar-refractivity contribution in [2.24, 2.45) is 0 Å². The fraction of sp³-hybridized carbons (Fsp3) is 0.343. The third-order valence-electron chi connectivity index (χ3n) is 8.62. The average Bonchev–Trinajstić information content (AvgIpc) is 3.84. The van der Waals surface area contributed by atoms with Gasteiger partial charge in [0.15, 0.2) is 0 Å². The topological polar surface area (TPSA) is 152 Å². The van der Waals surface area contributed by atoms with Crippen LogP contribution in [-0.2, 0) is 20.6 Å². The Morgan fingerprint density at radius 2 is 1.76 bits per heavy atom. The number of halogens is 4. The Morgan fingerprint density at radius 3 is 2.44 bits per heavy atom. The Morgan fingerprint density at radius 1 is 1.04 bits per heavy atom. The fourth-order valence-electron chi connectivity index (χ4n) is 5.59. The number of nitrogens with one attached hydrogen (secondary N) is 3. The number of nitrogens with zero attached hydrogens (tertiary/aromatic N) is 2. The molecule has 3 heterocycles. The van der Waals surface area contributed by atoms with Crippen molar-refractivity contribution in [1.29, 1.82) is 0 Å². The van der Waals surface area contributed by atoms with Gasteiger partial charge in [-0.2, -0.15) is 13.2 Å². The molecule has 0 spiro atoms. The molecule has 0 saturated heterocycles. The lowest BCUT2D eigenvalue weighted by molar-refractivity contribution is -0.265. The first-order valence-electron chi connectivity index (χ1n) is 15.8. The van der Waals surface area contributed by atoms with Crippen LogP contribution in [0.2, 0.25) is 0 Å². The molecule has 6 rings (SSSR count). The van der Waals surface area contributed by atoms with Crippen LogP contribution in [0.1, 0.15) is 48.3 Å². The smallest absolute Gasteiger partial charge is 0.424 e. The first-order valence-corrected chi connectivity index (χ1v) is 15.8. The van der Waals surface area contributed by atoms with Gasteiger partial charge in [-0.05, 0) is 68.3 Å². The van der Waals surface area contributed by atoms with Gasteiger partial charge in [-0.3, -0.25) is 19.4 Å². The van der Waals surface area contributed by atoms with Crippen molar-refractivity contribution in [2.75, 3.05) is 26.2 Å². The second-order valence-corrected chi connectivity index (χ2v) is 12.5. The molecule has 2 aromatic carbocycles. The summed E-state index contributed by atoms with van der Waals surface area (Å²) < 4.78 is 70.5. The van der Waals surface area contributed by atoms with Gasteiger partial charge in [0.1, 0.15) is 40.5 Å². The largest absolute Gasteiger partial charge is 0.489 e. The summed E-state index contributed by atoms with van der Waals surface area (Å²) in [7, 11) is 0. The predicted molar refractivity (Wildman–Crippen MR) is 172 cm³/mol. The van der Waals surface area contributed by atoms with Gasteiger partial charge in [0.05, 0.1) is 18.3 Å². The van der Waals surface area contributed by atoms with Gasteiger partial charge in [-0.25, -0.2) is 9.37 Å². The average molecular weight is 696 g/mol. The maximum absolute atomic E-state index is 15.0. The van der Waals surface area contributed by atoms with E-state index in [0.717, 1.165) is 31.0 Å². The Balaban J connectivity index is 1.37. The third-order valence-corrected chi connectivity index (χ3v) is 8.62. The van der Waals surface area contributed by atoms with Crippen molar-refractivity contribution >= 4 is 28.6 Å². The van der Waals surface area contributed by atoms with E-state index in [-0.39, 0.29) is 59.8 Å². The summed E-state index contributed by atoms with van der Waals surface area (Å²) in [5, 5.41) is 19.4. The van der Waals surface area contributed by atoms with Gasteiger partial charge in [0.2, 0.25) is 17.4 Å². The normalized spacial score (nSPS) is 18.1. The molecule has 2 atom stereocenters. The molecule has 1 fully saturated rings. The molecule has 0 unspecified atom stereocenters. The van der Waals surface area contributed by atoms with Crippen molar-refractivity contribution in [2.45, 2.75) is 50.0 Å². The molecule has 2 aromatic heterocycles.